The summed E-state index contributed by atoms with van der Waals surface area (Å²) in [7, 11) is 0. The standard InChI is InChI=1S/C17H16ClF3N2O/c1-2-23-10-16(17(19,20)21,8-7-11-3-4-11)13-9-12(18)5-6-14(13)22-15(23)24/h5-6,9,11H,2-4,10H2,1H3,(H,22,24)/t16-/m1/s1. The van der Waals surface area contributed by atoms with Crippen LogP contribution in [0.15, 0.2) is 18.2 Å². The topological polar surface area (TPSA) is 32.3 Å². The van der Waals surface area contributed by atoms with E-state index in [0.717, 1.165) is 17.7 Å². The van der Waals surface area contributed by atoms with E-state index in [0.29, 0.717) is 0 Å². The quantitative estimate of drug-likeness (QED) is 0.742. The van der Waals surface area contributed by atoms with E-state index in [1.54, 1.807) is 6.92 Å². The molecule has 128 valence electrons. The number of alkyl halides is 3. The molecule has 1 heterocycles. The van der Waals surface area contributed by atoms with Gasteiger partial charge in [-0.2, -0.15) is 13.2 Å². The lowest BCUT2D eigenvalue weighted by Gasteiger charge is -2.34. The Morgan fingerprint density at radius 2 is 2.12 bits per heavy atom. The zero-order valence-electron chi connectivity index (χ0n) is 13.0. The predicted molar refractivity (Wildman–Crippen MR) is 86.0 cm³/mol. The summed E-state index contributed by atoms with van der Waals surface area (Å²) in [5.41, 5.74) is -2.45. The highest BCUT2D eigenvalue weighted by atomic mass is 35.5. The Morgan fingerprint density at radius 3 is 2.71 bits per heavy atom. The van der Waals surface area contributed by atoms with Crippen LogP contribution in [0.3, 0.4) is 0 Å². The first-order valence-corrected chi connectivity index (χ1v) is 8.10. The molecule has 0 radical (unpaired) electrons. The summed E-state index contributed by atoms with van der Waals surface area (Å²) in [6.45, 7) is 1.24. The van der Waals surface area contributed by atoms with Crippen LogP contribution in [0.5, 0.6) is 0 Å². The number of carbonyl (C=O) groups is 1. The molecule has 2 aliphatic rings. The molecule has 1 fully saturated rings. The third-order valence-corrected chi connectivity index (χ3v) is 4.57. The van der Waals surface area contributed by atoms with E-state index in [2.05, 4.69) is 17.2 Å². The van der Waals surface area contributed by atoms with E-state index < -0.39 is 24.2 Å². The molecule has 1 aromatic carbocycles. The van der Waals surface area contributed by atoms with Gasteiger partial charge in [0.05, 0.1) is 6.54 Å². The van der Waals surface area contributed by atoms with Gasteiger partial charge in [-0.25, -0.2) is 4.79 Å². The average molecular weight is 357 g/mol. The monoisotopic (exact) mass is 356 g/mol. The third-order valence-electron chi connectivity index (χ3n) is 4.33. The van der Waals surface area contributed by atoms with Gasteiger partial charge in [-0.05, 0) is 38.0 Å². The second-order valence-corrected chi connectivity index (χ2v) is 6.52. The Morgan fingerprint density at radius 1 is 1.42 bits per heavy atom. The first-order valence-electron chi connectivity index (χ1n) is 7.72. The van der Waals surface area contributed by atoms with Gasteiger partial charge in [-0.15, -0.1) is 0 Å². The van der Waals surface area contributed by atoms with E-state index in [1.165, 1.54) is 18.2 Å². The lowest BCUT2D eigenvalue weighted by Crippen LogP contribution is -2.50. The summed E-state index contributed by atoms with van der Waals surface area (Å²) >= 11 is 5.95. The van der Waals surface area contributed by atoms with Gasteiger partial charge in [0.1, 0.15) is 0 Å². The molecule has 0 spiro atoms. The molecule has 0 saturated heterocycles. The van der Waals surface area contributed by atoms with E-state index in [1.807, 2.05) is 0 Å². The molecule has 24 heavy (non-hydrogen) atoms. The molecule has 1 aliphatic heterocycles. The zero-order chi connectivity index (χ0) is 17.5. The molecule has 3 nitrogen and oxygen atoms in total. The maximum atomic E-state index is 14.2. The van der Waals surface area contributed by atoms with Crippen LogP contribution in [-0.4, -0.2) is 30.2 Å². The summed E-state index contributed by atoms with van der Waals surface area (Å²) in [5, 5.41) is 2.72. The van der Waals surface area contributed by atoms with Crippen LogP contribution < -0.4 is 5.32 Å². The highest BCUT2D eigenvalue weighted by Gasteiger charge is 2.58. The largest absolute Gasteiger partial charge is 0.410 e. The number of likely N-dealkylation sites (N-methyl/N-ethyl adjacent to an activating group) is 1. The van der Waals surface area contributed by atoms with Crippen molar-refractivity contribution in [1.29, 1.82) is 0 Å². The molecule has 0 aromatic heterocycles. The normalized spacial score (nSPS) is 23.7. The molecule has 1 saturated carbocycles. The van der Waals surface area contributed by atoms with Crippen molar-refractivity contribution in [2.24, 2.45) is 5.92 Å². The second kappa shape index (κ2) is 5.89. The highest BCUT2D eigenvalue weighted by molar-refractivity contribution is 6.30. The SMILES string of the molecule is CCN1C[C@@](C#CC2CC2)(C(F)(F)F)c2cc(Cl)ccc2NC1=O. The molecule has 0 unspecified atom stereocenters. The second-order valence-electron chi connectivity index (χ2n) is 6.08. The first kappa shape index (κ1) is 17.0. The van der Waals surface area contributed by atoms with E-state index >= 15 is 0 Å². The van der Waals surface area contributed by atoms with Crippen LogP contribution in [0.2, 0.25) is 5.02 Å². The lowest BCUT2D eigenvalue weighted by atomic mass is 9.78. The van der Waals surface area contributed by atoms with Gasteiger partial charge in [-0.1, -0.05) is 23.4 Å². The van der Waals surface area contributed by atoms with Crippen LogP contribution in [-0.2, 0) is 5.41 Å². The predicted octanol–water partition coefficient (Wildman–Crippen LogP) is 4.42. The van der Waals surface area contributed by atoms with Crippen molar-refractivity contribution in [1.82, 2.24) is 4.90 Å². The van der Waals surface area contributed by atoms with E-state index in [4.69, 9.17) is 11.6 Å². The Hall–Kier alpha value is -1.87. The minimum atomic E-state index is -4.64. The number of urea groups is 1. The van der Waals surface area contributed by atoms with Crippen molar-refractivity contribution >= 4 is 23.3 Å². The van der Waals surface area contributed by atoms with Crippen molar-refractivity contribution in [2.45, 2.75) is 31.4 Å². The van der Waals surface area contributed by atoms with Crippen LogP contribution in [0, 0.1) is 17.8 Å². The van der Waals surface area contributed by atoms with Gasteiger partial charge in [-0.3, -0.25) is 0 Å². The van der Waals surface area contributed by atoms with Gasteiger partial charge in [0, 0.05) is 28.7 Å². The molecule has 2 amide bonds. The highest BCUT2D eigenvalue weighted by Crippen LogP contribution is 2.47. The molecular weight excluding hydrogens is 341 g/mol. The number of hydrogen-bond acceptors (Lipinski definition) is 1. The van der Waals surface area contributed by atoms with Gasteiger partial charge < -0.3 is 10.2 Å². The Kier molecular flexibility index (Phi) is 4.16. The molecular formula is C17H16ClF3N2O. The minimum Gasteiger partial charge on any atom is -0.323 e. The fourth-order valence-corrected chi connectivity index (χ4v) is 2.92. The summed E-state index contributed by atoms with van der Waals surface area (Å²) in [4.78, 5) is 13.4. The summed E-state index contributed by atoms with van der Waals surface area (Å²) < 4.78 is 42.6. The molecule has 1 aromatic rings. The molecule has 7 heteroatoms. The smallest absolute Gasteiger partial charge is 0.323 e. The first-order chi connectivity index (χ1) is 11.3. The minimum absolute atomic E-state index is 0.00819. The van der Waals surface area contributed by atoms with Gasteiger partial charge in [0.25, 0.3) is 0 Å². The third kappa shape index (κ3) is 2.93. The number of carbonyl (C=O) groups excluding carboxylic acids is 1. The van der Waals surface area contributed by atoms with Gasteiger partial charge in [0.15, 0.2) is 5.41 Å². The molecule has 0 bridgehead atoms. The van der Waals surface area contributed by atoms with E-state index in [-0.39, 0.29) is 28.7 Å². The number of benzene rings is 1. The number of fused-ring (bicyclic) bond motifs is 1. The fraction of sp³-hybridized carbons (Fsp3) is 0.471. The lowest BCUT2D eigenvalue weighted by molar-refractivity contribution is -0.175. The summed E-state index contributed by atoms with van der Waals surface area (Å²) in [5.74, 6) is 5.23. The Labute approximate surface area is 143 Å². The number of halogens is 4. The number of rotatable bonds is 1. The van der Waals surface area contributed by atoms with Crippen LogP contribution in [0.4, 0.5) is 23.7 Å². The molecule has 3 rings (SSSR count). The average Bonchev–Trinajstić information content (AvgIpc) is 3.32. The summed E-state index contributed by atoms with van der Waals surface area (Å²) in [6.07, 6.45) is -3.01. The number of nitrogens with zero attached hydrogens (tertiary/aromatic N) is 1. The number of nitrogens with one attached hydrogen (secondary N) is 1. The zero-order valence-corrected chi connectivity index (χ0v) is 13.8. The Balaban J connectivity index is 2.25. The van der Waals surface area contributed by atoms with Gasteiger partial charge in [0.2, 0.25) is 0 Å². The summed E-state index contributed by atoms with van der Waals surface area (Å²) in [6, 6.07) is 3.54. The number of hydrogen-bond donors (Lipinski definition) is 1. The fourth-order valence-electron chi connectivity index (χ4n) is 2.74. The molecule has 1 aliphatic carbocycles. The van der Waals surface area contributed by atoms with Crippen molar-refractivity contribution in [2.75, 3.05) is 18.4 Å². The number of amides is 2. The maximum Gasteiger partial charge on any atom is 0.410 e. The maximum absolute atomic E-state index is 14.2. The molecule has 1 atom stereocenters. The van der Waals surface area contributed by atoms with E-state index in [9.17, 15) is 18.0 Å². The van der Waals surface area contributed by atoms with Crippen molar-refractivity contribution in [3.63, 3.8) is 0 Å². The number of anilines is 1. The van der Waals surface area contributed by atoms with Crippen LogP contribution in [0.1, 0.15) is 25.3 Å². The van der Waals surface area contributed by atoms with Crippen molar-refractivity contribution < 1.29 is 18.0 Å². The van der Waals surface area contributed by atoms with Crippen molar-refractivity contribution in [3.8, 4) is 11.8 Å². The molecule has 1 N–H and O–H groups in total. The van der Waals surface area contributed by atoms with Crippen molar-refractivity contribution in [3.05, 3.63) is 28.8 Å². The van der Waals surface area contributed by atoms with Crippen LogP contribution >= 0.6 is 11.6 Å². The van der Waals surface area contributed by atoms with Gasteiger partial charge >= 0.3 is 12.2 Å². The van der Waals surface area contributed by atoms with Crippen LogP contribution in [0.25, 0.3) is 0 Å². The Bertz CT molecular complexity index is 734.